The van der Waals surface area contributed by atoms with Crippen LogP contribution in [0.15, 0.2) is 53.5 Å². The molecule has 2 fully saturated rings. The molecule has 1 aliphatic heterocycles. The Bertz CT molecular complexity index is 935. The van der Waals surface area contributed by atoms with Crippen LogP contribution in [0.5, 0.6) is 0 Å². The van der Waals surface area contributed by atoms with Crippen LogP contribution in [0.1, 0.15) is 30.4 Å². The monoisotopic (exact) mass is 393 g/mol. The van der Waals surface area contributed by atoms with Crippen molar-refractivity contribution in [2.24, 2.45) is 4.99 Å². The van der Waals surface area contributed by atoms with E-state index in [1.165, 1.54) is 17.3 Å². The van der Waals surface area contributed by atoms with E-state index in [1.54, 1.807) is 4.90 Å². The van der Waals surface area contributed by atoms with Crippen LogP contribution in [-0.4, -0.2) is 33.2 Å². The van der Waals surface area contributed by atoms with E-state index in [9.17, 15) is 9.59 Å². The van der Waals surface area contributed by atoms with E-state index in [0.717, 1.165) is 29.8 Å². The molecule has 4 rings (SSSR count). The van der Waals surface area contributed by atoms with Crippen LogP contribution in [0.2, 0.25) is 0 Å². The fourth-order valence-corrected chi connectivity index (χ4v) is 4.39. The Morgan fingerprint density at radius 1 is 1.14 bits per heavy atom. The van der Waals surface area contributed by atoms with Gasteiger partial charge in [0.05, 0.1) is 5.69 Å². The van der Waals surface area contributed by atoms with Crippen LogP contribution >= 0.6 is 11.8 Å². The molecule has 1 heterocycles. The van der Waals surface area contributed by atoms with E-state index < -0.39 is 5.25 Å². The van der Waals surface area contributed by atoms with E-state index in [2.05, 4.69) is 5.32 Å². The van der Waals surface area contributed by atoms with Gasteiger partial charge in [-0.1, -0.05) is 47.7 Å². The molecule has 28 heavy (non-hydrogen) atoms. The highest BCUT2D eigenvalue weighted by Crippen LogP contribution is 2.39. The van der Waals surface area contributed by atoms with Crippen LogP contribution in [0.4, 0.5) is 11.4 Å². The third kappa shape index (κ3) is 4.12. The first-order valence-electron chi connectivity index (χ1n) is 9.52. The van der Waals surface area contributed by atoms with Gasteiger partial charge in [0.15, 0.2) is 5.17 Å². The van der Waals surface area contributed by atoms with Gasteiger partial charge in [-0.15, -0.1) is 0 Å². The molecular formula is C22H23N3O2S. The summed E-state index contributed by atoms with van der Waals surface area (Å²) in [5, 5.41) is 3.22. The summed E-state index contributed by atoms with van der Waals surface area (Å²) in [6, 6.07) is 15.8. The quantitative estimate of drug-likeness (QED) is 0.818. The Hall–Kier alpha value is -2.60. The van der Waals surface area contributed by atoms with Crippen LogP contribution in [-0.2, 0) is 9.59 Å². The molecule has 1 N–H and O–H groups in total. The zero-order valence-corrected chi connectivity index (χ0v) is 16.8. The second-order valence-corrected chi connectivity index (χ2v) is 8.51. The number of amides is 2. The third-order valence-electron chi connectivity index (χ3n) is 4.93. The zero-order valence-electron chi connectivity index (χ0n) is 16.0. The maximum Gasteiger partial charge on any atom is 0.242 e. The maximum atomic E-state index is 12.9. The second-order valence-electron chi connectivity index (χ2n) is 7.34. The molecular weight excluding hydrogens is 370 g/mol. The van der Waals surface area contributed by atoms with Crippen molar-refractivity contribution in [2.75, 3.05) is 5.32 Å². The average Bonchev–Trinajstić information content (AvgIpc) is 3.45. The van der Waals surface area contributed by atoms with Gasteiger partial charge >= 0.3 is 0 Å². The van der Waals surface area contributed by atoms with Crippen molar-refractivity contribution in [3.63, 3.8) is 0 Å². The smallest absolute Gasteiger partial charge is 0.242 e. The van der Waals surface area contributed by atoms with E-state index in [4.69, 9.17) is 4.99 Å². The highest BCUT2D eigenvalue weighted by atomic mass is 32.2. The standard InChI is InChI=1S/C22H23N3O2S/c1-14-7-9-16(10-8-14)23-22-25(17-11-12-17)21(27)19(28-22)13-20(26)24-18-6-4-3-5-15(18)2/h3-10,17,19H,11-13H2,1-2H3,(H,24,26)/t19-/m1/s1. The van der Waals surface area contributed by atoms with Crippen molar-refractivity contribution < 1.29 is 9.59 Å². The first kappa shape index (κ1) is 18.7. The molecule has 2 amide bonds. The first-order chi connectivity index (χ1) is 13.5. The Labute approximate surface area is 169 Å². The molecule has 1 saturated carbocycles. The fourth-order valence-electron chi connectivity index (χ4n) is 3.17. The van der Waals surface area contributed by atoms with Gasteiger partial charge in [0.25, 0.3) is 0 Å². The van der Waals surface area contributed by atoms with Gasteiger partial charge in [-0.05, 0) is 50.5 Å². The Balaban J connectivity index is 1.49. The topological polar surface area (TPSA) is 61.8 Å². The van der Waals surface area contributed by atoms with Crippen LogP contribution in [0.25, 0.3) is 0 Å². The van der Waals surface area contributed by atoms with Crippen LogP contribution in [0.3, 0.4) is 0 Å². The number of hydrogen-bond donors (Lipinski definition) is 1. The number of nitrogens with one attached hydrogen (secondary N) is 1. The van der Waals surface area contributed by atoms with Crippen molar-refractivity contribution in [1.29, 1.82) is 0 Å². The molecule has 0 radical (unpaired) electrons. The molecule has 5 nitrogen and oxygen atoms in total. The Kier molecular flexibility index (Phi) is 5.22. The van der Waals surface area contributed by atoms with Gasteiger partial charge in [0.1, 0.15) is 5.25 Å². The van der Waals surface area contributed by atoms with E-state index in [1.807, 2.05) is 62.4 Å². The number of anilines is 1. The first-order valence-corrected chi connectivity index (χ1v) is 10.4. The number of aliphatic imine (C=N–C) groups is 1. The molecule has 2 aliphatic rings. The predicted octanol–water partition coefficient (Wildman–Crippen LogP) is 4.43. The summed E-state index contributed by atoms with van der Waals surface area (Å²) < 4.78 is 0. The third-order valence-corrected chi connectivity index (χ3v) is 6.08. The number of nitrogens with zero attached hydrogens (tertiary/aromatic N) is 2. The molecule has 1 aliphatic carbocycles. The number of amidine groups is 1. The number of aryl methyl sites for hydroxylation is 2. The lowest BCUT2D eigenvalue weighted by atomic mass is 10.2. The van der Waals surface area contributed by atoms with E-state index in [-0.39, 0.29) is 24.3 Å². The normalized spacial score (nSPS) is 20.6. The van der Waals surface area contributed by atoms with E-state index >= 15 is 0 Å². The highest BCUT2D eigenvalue weighted by molar-refractivity contribution is 8.15. The van der Waals surface area contributed by atoms with Gasteiger partial charge < -0.3 is 5.32 Å². The van der Waals surface area contributed by atoms with Crippen molar-refractivity contribution in [3.8, 4) is 0 Å². The number of hydrogen-bond acceptors (Lipinski definition) is 4. The molecule has 1 saturated heterocycles. The van der Waals surface area contributed by atoms with Crippen molar-refractivity contribution in [3.05, 3.63) is 59.7 Å². The summed E-state index contributed by atoms with van der Waals surface area (Å²) in [6.07, 6.45) is 2.15. The summed E-state index contributed by atoms with van der Waals surface area (Å²) in [4.78, 5) is 32.0. The van der Waals surface area contributed by atoms with Crippen LogP contribution < -0.4 is 5.32 Å². The molecule has 2 aromatic rings. The SMILES string of the molecule is Cc1ccc(N=C2S[C@H](CC(=O)Nc3ccccc3C)C(=O)N2C2CC2)cc1. The number of para-hydroxylation sites is 1. The fraction of sp³-hybridized carbons (Fsp3) is 0.318. The average molecular weight is 394 g/mol. The molecule has 2 aromatic carbocycles. The molecule has 144 valence electrons. The lowest BCUT2D eigenvalue weighted by molar-refractivity contribution is -0.128. The minimum Gasteiger partial charge on any atom is -0.326 e. The van der Waals surface area contributed by atoms with Gasteiger partial charge in [0.2, 0.25) is 11.8 Å². The highest BCUT2D eigenvalue weighted by Gasteiger charge is 2.46. The number of carbonyl (C=O) groups excluding carboxylic acids is 2. The van der Waals surface area contributed by atoms with Crippen molar-refractivity contribution in [1.82, 2.24) is 4.90 Å². The maximum absolute atomic E-state index is 12.9. The van der Waals surface area contributed by atoms with Crippen molar-refractivity contribution >= 4 is 40.1 Å². The summed E-state index contributed by atoms with van der Waals surface area (Å²) in [5.74, 6) is -0.147. The van der Waals surface area contributed by atoms with Gasteiger partial charge in [-0.3, -0.25) is 14.5 Å². The molecule has 0 aromatic heterocycles. The largest absolute Gasteiger partial charge is 0.326 e. The minimum absolute atomic E-state index is 0.00158. The minimum atomic E-state index is -0.422. The lowest BCUT2D eigenvalue weighted by Crippen LogP contribution is -2.35. The lowest BCUT2D eigenvalue weighted by Gasteiger charge is -2.15. The predicted molar refractivity (Wildman–Crippen MR) is 114 cm³/mol. The number of thioether (sulfide) groups is 1. The molecule has 0 unspecified atom stereocenters. The summed E-state index contributed by atoms with van der Waals surface area (Å²) >= 11 is 1.40. The second kappa shape index (κ2) is 7.80. The summed E-state index contributed by atoms with van der Waals surface area (Å²) in [7, 11) is 0. The number of benzene rings is 2. The molecule has 0 bridgehead atoms. The number of rotatable bonds is 5. The summed E-state index contributed by atoms with van der Waals surface area (Å²) in [5.41, 5.74) is 3.79. The van der Waals surface area contributed by atoms with Crippen molar-refractivity contribution in [2.45, 2.75) is 44.4 Å². The molecule has 1 atom stereocenters. The summed E-state index contributed by atoms with van der Waals surface area (Å²) in [6.45, 7) is 3.98. The van der Waals surface area contributed by atoms with Crippen LogP contribution in [0, 0.1) is 13.8 Å². The molecule has 6 heteroatoms. The Morgan fingerprint density at radius 2 is 1.86 bits per heavy atom. The van der Waals surface area contributed by atoms with Gasteiger partial charge in [-0.25, -0.2) is 4.99 Å². The van der Waals surface area contributed by atoms with Gasteiger partial charge in [0, 0.05) is 18.2 Å². The Morgan fingerprint density at radius 3 is 2.54 bits per heavy atom. The zero-order chi connectivity index (χ0) is 19.7. The van der Waals surface area contributed by atoms with Gasteiger partial charge in [-0.2, -0.15) is 0 Å². The van der Waals surface area contributed by atoms with E-state index in [0.29, 0.717) is 5.17 Å². The number of carbonyl (C=O) groups is 2. The molecule has 0 spiro atoms.